The Balaban J connectivity index is 2.87. The molecule has 4 atom stereocenters. The van der Waals surface area contributed by atoms with Gasteiger partial charge in [0, 0.05) is 6.42 Å². The highest BCUT2D eigenvalue weighted by molar-refractivity contribution is 5.92. The van der Waals surface area contributed by atoms with Crippen molar-refractivity contribution in [2.24, 2.45) is 11.7 Å². The first-order valence-corrected chi connectivity index (χ1v) is 8.54. The average Bonchev–Trinajstić information content (AvgIpc) is 2.64. The lowest BCUT2D eigenvalue weighted by atomic mass is 9.97. The Morgan fingerprint density at radius 1 is 1.12 bits per heavy atom. The van der Waals surface area contributed by atoms with Gasteiger partial charge in [-0.05, 0) is 11.5 Å². The minimum atomic E-state index is -1.16. The number of aliphatic carboxylic acids is 1. The quantitative estimate of drug-likeness (QED) is 0.384. The fourth-order valence-corrected chi connectivity index (χ4v) is 2.36. The Morgan fingerprint density at radius 2 is 1.73 bits per heavy atom. The Hall–Kier alpha value is -2.45. The van der Waals surface area contributed by atoms with E-state index in [-0.39, 0.29) is 12.3 Å². The molecule has 144 valence electrons. The molecule has 0 saturated heterocycles. The first-order valence-electron chi connectivity index (χ1n) is 8.54. The van der Waals surface area contributed by atoms with Crippen LogP contribution in [0.3, 0.4) is 0 Å². The highest BCUT2D eigenvalue weighted by atomic mass is 16.4. The molecule has 4 unspecified atom stereocenters. The molecule has 8 heteroatoms. The number of hydrogen-bond donors (Lipinski definition) is 5. The summed E-state index contributed by atoms with van der Waals surface area (Å²) in [6, 6.07) is 5.73. The van der Waals surface area contributed by atoms with E-state index < -0.39 is 42.5 Å². The van der Waals surface area contributed by atoms with Gasteiger partial charge in [-0.3, -0.25) is 9.59 Å². The number of nitrogens with two attached hydrogens (primary N) is 1. The van der Waals surface area contributed by atoms with Crippen molar-refractivity contribution in [1.82, 2.24) is 10.6 Å². The number of benzene rings is 1. The SMILES string of the molecule is CCC(C)C(NC(=O)C(N)CO)C(=O)NC(Cc1ccccc1)C(=O)O. The van der Waals surface area contributed by atoms with Gasteiger partial charge in [0.05, 0.1) is 6.61 Å². The van der Waals surface area contributed by atoms with Crippen molar-refractivity contribution < 1.29 is 24.6 Å². The summed E-state index contributed by atoms with van der Waals surface area (Å²) in [4.78, 5) is 36.1. The molecule has 26 heavy (non-hydrogen) atoms. The lowest BCUT2D eigenvalue weighted by molar-refractivity contribution is -0.142. The van der Waals surface area contributed by atoms with Crippen molar-refractivity contribution in [3.05, 3.63) is 35.9 Å². The zero-order chi connectivity index (χ0) is 19.7. The standard InChI is InChI=1S/C18H27N3O5/c1-3-11(2)15(21-16(23)13(19)10-22)17(24)20-14(18(25)26)9-12-7-5-4-6-8-12/h4-8,11,13-15,22H,3,9-10,19H2,1-2H3,(H,20,24)(H,21,23)(H,25,26). The predicted molar refractivity (Wildman–Crippen MR) is 96.2 cm³/mol. The molecule has 0 aromatic heterocycles. The third kappa shape index (κ3) is 6.45. The highest BCUT2D eigenvalue weighted by Crippen LogP contribution is 2.10. The maximum Gasteiger partial charge on any atom is 0.326 e. The number of aliphatic hydroxyl groups excluding tert-OH is 1. The smallest absolute Gasteiger partial charge is 0.326 e. The molecule has 1 aromatic rings. The number of aliphatic hydroxyl groups is 1. The van der Waals surface area contributed by atoms with Crippen LogP contribution in [-0.4, -0.2) is 52.7 Å². The van der Waals surface area contributed by atoms with E-state index in [2.05, 4.69) is 10.6 Å². The van der Waals surface area contributed by atoms with Gasteiger partial charge < -0.3 is 26.6 Å². The number of carboxylic acids is 1. The van der Waals surface area contributed by atoms with E-state index in [9.17, 15) is 19.5 Å². The number of carbonyl (C=O) groups excluding carboxylic acids is 2. The zero-order valence-corrected chi connectivity index (χ0v) is 15.0. The highest BCUT2D eigenvalue weighted by Gasteiger charge is 2.30. The van der Waals surface area contributed by atoms with Crippen LogP contribution < -0.4 is 16.4 Å². The molecule has 0 saturated carbocycles. The van der Waals surface area contributed by atoms with Gasteiger partial charge in [0.25, 0.3) is 0 Å². The third-order valence-corrected chi connectivity index (χ3v) is 4.22. The summed E-state index contributed by atoms with van der Waals surface area (Å²) >= 11 is 0. The van der Waals surface area contributed by atoms with Crippen molar-refractivity contribution in [1.29, 1.82) is 0 Å². The van der Waals surface area contributed by atoms with E-state index in [0.717, 1.165) is 5.56 Å². The van der Waals surface area contributed by atoms with Crippen LogP contribution in [0.2, 0.25) is 0 Å². The van der Waals surface area contributed by atoms with Crippen LogP contribution in [-0.2, 0) is 20.8 Å². The minimum absolute atomic E-state index is 0.124. The topological polar surface area (TPSA) is 142 Å². The monoisotopic (exact) mass is 365 g/mol. The summed E-state index contributed by atoms with van der Waals surface area (Å²) in [5, 5.41) is 23.4. The van der Waals surface area contributed by atoms with Crippen LogP contribution in [0, 0.1) is 5.92 Å². The normalized spacial score (nSPS) is 15.4. The molecule has 0 aliphatic heterocycles. The van der Waals surface area contributed by atoms with E-state index in [1.54, 1.807) is 31.2 Å². The van der Waals surface area contributed by atoms with Gasteiger partial charge in [-0.25, -0.2) is 4.79 Å². The lowest BCUT2D eigenvalue weighted by Crippen LogP contribution is -2.57. The maximum absolute atomic E-state index is 12.6. The Kier molecular flexibility index (Phi) is 8.74. The molecule has 1 aromatic carbocycles. The largest absolute Gasteiger partial charge is 0.480 e. The molecule has 0 aliphatic rings. The van der Waals surface area contributed by atoms with Crippen molar-refractivity contribution in [2.75, 3.05) is 6.61 Å². The Labute approximate surface area is 152 Å². The molecule has 0 radical (unpaired) electrons. The van der Waals surface area contributed by atoms with E-state index in [1.807, 2.05) is 13.0 Å². The van der Waals surface area contributed by atoms with Crippen molar-refractivity contribution in [3.8, 4) is 0 Å². The van der Waals surface area contributed by atoms with E-state index in [1.165, 1.54) is 0 Å². The number of nitrogens with one attached hydrogen (secondary N) is 2. The molecule has 0 fully saturated rings. The lowest BCUT2D eigenvalue weighted by Gasteiger charge is -2.26. The Bertz CT molecular complexity index is 608. The fourth-order valence-electron chi connectivity index (χ4n) is 2.36. The molecule has 0 bridgehead atoms. The van der Waals surface area contributed by atoms with Crippen molar-refractivity contribution in [2.45, 2.75) is 44.8 Å². The molecular weight excluding hydrogens is 338 g/mol. The average molecular weight is 365 g/mol. The van der Waals surface area contributed by atoms with Gasteiger partial charge in [0.2, 0.25) is 11.8 Å². The summed E-state index contributed by atoms with van der Waals surface area (Å²) in [5.41, 5.74) is 6.24. The van der Waals surface area contributed by atoms with Crippen LogP contribution in [0.1, 0.15) is 25.8 Å². The minimum Gasteiger partial charge on any atom is -0.480 e. The summed E-state index contributed by atoms with van der Waals surface area (Å²) in [7, 11) is 0. The molecule has 8 nitrogen and oxygen atoms in total. The first-order chi connectivity index (χ1) is 12.3. The number of carboxylic acid groups (broad SMARTS) is 1. The number of hydrogen-bond acceptors (Lipinski definition) is 5. The predicted octanol–water partition coefficient (Wildman–Crippen LogP) is -0.351. The molecule has 0 heterocycles. The van der Waals surface area contributed by atoms with Crippen LogP contribution in [0.15, 0.2) is 30.3 Å². The van der Waals surface area contributed by atoms with Crippen molar-refractivity contribution in [3.63, 3.8) is 0 Å². The Morgan fingerprint density at radius 3 is 2.23 bits per heavy atom. The van der Waals surface area contributed by atoms with Gasteiger partial charge in [0.1, 0.15) is 18.1 Å². The van der Waals surface area contributed by atoms with Gasteiger partial charge in [-0.15, -0.1) is 0 Å². The van der Waals surface area contributed by atoms with Gasteiger partial charge in [-0.2, -0.15) is 0 Å². The van der Waals surface area contributed by atoms with Gasteiger partial charge >= 0.3 is 5.97 Å². The third-order valence-electron chi connectivity index (χ3n) is 4.22. The summed E-state index contributed by atoms with van der Waals surface area (Å²) in [5.74, 6) is -2.66. The molecule has 6 N–H and O–H groups in total. The second-order valence-corrected chi connectivity index (χ2v) is 6.25. The van der Waals surface area contributed by atoms with Crippen LogP contribution >= 0.6 is 0 Å². The summed E-state index contributed by atoms with van der Waals surface area (Å²) in [6.07, 6.45) is 0.711. The number of rotatable bonds is 10. The molecule has 1 rings (SSSR count). The zero-order valence-electron chi connectivity index (χ0n) is 15.0. The molecular formula is C18H27N3O5. The van der Waals surface area contributed by atoms with E-state index in [0.29, 0.717) is 6.42 Å². The van der Waals surface area contributed by atoms with E-state index >= 15 is 0 Å². The van der Waals surface area contributed by atoms with Gasteiger partial charge in [-0.1, -0.05) is 50.6 Å². The van der Waals surface area contributed by atoms with Crippen molar-refractivity contribution >= 4 is 17.8 Å². The molecule has 2 amide bonds. The van der Waals surface area contributed by atoms with Crippen LogP contribution in [0.25, 0.3) is 0 Å². The number of amides is 2. The fraction of sp³-hybridized carbons (Fsp3) is 0.500. The maximum atomic E-state index is 12.6. The second kappa shape index (κ2) is 10.5. The second-order valence-electron chi connectivity index (χ2n) is 6.25. The first kappa shape index (κ1) is 21.6. The molecule has 0 spiro atoms. The van der Waals surface area contributed by atoms with Gasteiger partial charge in [0.15, 0.2) is 0 Å². The van der Waals surface area contributed by atoms with E-state index in [4.69, 9.17) is 10.8 Å². The van der Waals surface area contributed by atoms with Crippen LogP contribution in [0.5, 0.6) is 0 Å². The summed E-state index contributed by atoms with van der Waals surface area (Å²) in [6.45, 7) is 3.07. The number of carbonyl (C=O) groups is 3. The van der Waals surface area contributed by atoms with Crippen LogP contribution in [0.4, 0.5) is 0 Å². The summed E-state index contributed by atoms with van der Waals surface area (Å²) < 4.78 is 0. The molecule has 0 aliphatic carbocycles.